The van der Waals surface area contributed by atoms with Crippen LogP contribution in [0.25, 0.3) is 0 Å². The number of carboxylic acid groups (broad SMARTS) is 1. The first-order valence-electron chi connectivity index (χ1n) is 9.29. The van der Waals surface area contributed by atoms with Crippen molar-refractivity contribution in [2.24, 2.45) is 0 Å². The van der Waals surface area contributed by atoms with Crippen molar-refractivity contribution in [1.29, 1.82) is 0 Å². The number of amides is 2. The molecule has 1 aliphatic heterocycles. The molecule has 6 nitrogen and oxygen atoms in total. The maximum absolute atomic E-state index is 12.4. The summed E-state index contributed by atoms with van der Waals surface area (Å²) in [6.07, 6.45) is 1.52. The van der Waals surface area contributed by atoms with Gasteiger partial charge in [-0.05, 0) is 55.7 Å². The van der Waals surface area contributed by atoms with Crippen LogP contribution in [0.4, 0.5) is 5.69 Å². The summed E-state index contributed by atoms with van der Waals surface area (Å²) in [5.74, 6) is -0.967. The van der Waals surface area contributed by atoms with Crippen LogP contribution in [0.1, 0.15) is 48.2 Å². The van der Waals surface area contributed by atoms with Crippen LogP contribution in [-0.2, 0) is 21.5 Å². The van der Waals surface area contributed by atoms with Gasteiger partial charge < -0.3 is 15.3 Å². The van der Waals surface area contributed by atoms with Gasteiger partial charge in [-0.3, -0.25) is 14.4 Å². The minimum atomic E-state index is -0.991. The Labute approximate surface area is 164 Å². The van der Waals surface area contributed by atoms with Crippen molar-refractivity contribution in [2.45, 2.75) is 38.6 Å². The lowest BCUT2D eigenvalue weighted by atomic mass is 9.85. The molecule has 0 radical (unpaired) electrons. The molecule has 6 heteroatoms. The highest BCUT2D eigenvalue weighted by Gasteiger charge is 2.29. The average molecular weight is 380 g/mol. The molecule has 146 valence electrons. The molecule has 0 atom stereocenters. The van der Waals surface area contributed by atoms with Crippen LogP contribution in [0.3, 0.4) is 0 Å². The fourth-order valence-electron chi connectivity index (χ4n) is 3.15. The SMILES string of the molecule is CC(C)(C(=O)O)c1ccc(NC(=O)c2ccc(CN3CCCC3=O)cc2)cc1. The summed E-state index contributed by atoms with van der Waals surface area (Å²) in [7, 11) is 0. The van der Waals surface area contributed by atoms with Gasteiger partial charge in [0.25, 0.3) is 5.91 Å². The number of rotatable bonds is 6. The zero-order valence-electron chi connectivity index (χ0n) is 16.1. The summed E-state index contributed by atoms with van der Waals surface area (Å²) in [4.78, 5) is 37.3. The van der Waals surface area contributed by atoms with E-state index in [1.807, 2.05) is 17.0 Å². The van der Waals surface area contributed by atoms with E-state index in [-0.39, 0.29) is 11.8 Å². The Morgan fingerprint density at radius 1 is 1.07 bits per heavy atom. The van der Waals surface area contributed by atoms with Crippen LogP contribution < -0.4 is 5.32 Å². The standard InChI is InChI=1S/C22H24N2O4/c1-22(2,21(27)28)17-9-11-18(12-10-17)23-20(26)16-7-5-15(6-8-16)14-24-13-3-4-19(24)25/h5-12H,3-4,13-14H2,1-2H3,(H,23,26)(H,27,28). The molecule has 1 heterocycles. The van der Waals surface area contributed by atoms with Gasteiger partial charge in [-0.15, -0.1) is 0 Å². The first-order valence-corrected chi connectivity index (χ1v) is 9.29. The van der Waals surface area contributed by atoms with Crippen molar-refractivity contribution in [3.63, 3.8) is 0 Å². The number of carbonyl (C=O) groups is 3. The van der Waals surface area contributed by atoms with Crippen LogP contribution in [0.2, 0.25) is 0 Å². The minimum Gasteiger partial charge on any atom is -0.481 e. The normalized spacial score (nSPS) is 14.2. The van der Waals surface area contributed by atoms with E-state index in [0.29, 0.717) is 29.8 Å². The summed E-state index contributed by atoms with van der Waals surface area (Å²) < 4.78 is 0. The van der Waals surface area contributed by atoms with E-state index >= 15 is 0 Å². The van der Waals surface area contributed by atoms with Gasteiger partial charge >= 0.3 is 5.97 Å². The van der Waals surface area contributed by atoms with Gasteiger partial charge in [0, 0.05) is 30.8 Å². The number of likely N-dealkylation sites (tertiary alicyclic amines) is 1. The van der Waals surface area contributed by atoms with Crippen LogP contribution in [0, 0.1) is 0 Å². The van der Waals surface area contributed by atoms with E-state index in [9.17, 15) is 19.5 Å². The fraction of sp³-hybridized carbons (Fsp3) is 0.318. The number of nitrogens with one attached hydrogen (secondary N) is 1. The van der Waals surface area contributed by atoms with Gasteiger partial charge in [0.1, 0.15) is 0 Å². The molecule has 2 amide bonds. The van der Waals surface area contributed by atoms with Crippen molar-refractivity contribution in [2.75, 3.05) is 11.9 Å². The van der Waals surface area contributed by atoms with Crippen molar-refractivity contribution < 1.29 is 19.5 Å². The van der Waals surface area contributed by atoms with Crippen LogP contribution in [0.15, 0.2) is 48.5 Å². The second-order valence-electron chi connectivity index (χ2n) is 7.58. The Hall–Kier alpha value is -3.15. The fourth-order valence-corrected chi connectivity index (χ4v) is 3.15. The summed E-state index contributed by atoms with van der Waals surface area (Å²) in [5, 5.41) is 12.1. The minimum absolute atomic E-state index is 0.177. The summed E-state index contributed by atoms with van der Waals surface area (Å²) >= 11 is 0. The van der Waals surface area contributed by atoms with Gasteiger partial charge in [-0.1, -0.05) is 24.3 Å². The van der Waals surface area contributed by atoms with Crippen LogP contribution in [-0.4, -0.2) is 34.3 Å². The first-order chi connectivity index (χ1) is 13.3. The van der Waals surface area contributed by atoms with E-state index in [4.69, 9.17) is 0 Å². The molecule has 0 bridgehead atoms. The van der Waals surface area contributed by atoms with E-state index in [2.05, 4.69) is 5.32 Å². The summed E-state index contributed by atoms with van der Waals surface area (Å²) in [6, 6.07) is 14.0. The van der Waals surface area contributed by atoms with Gasteiger partial charge in [0.05, 0.1) is 5.41 Å². The number of benzene rings is 2. The third-order valence-electron chi connectivity index (χ3n) is 5.16. The predicted octanol–water partition coefficient (Wildman–Crippen LogP) is 3.42. The molecule has 1 fully saturated rings. The average Bonchev–Trinajstić information content (AvgIpc) is 3.07. The monoisotopic (exact) mass is 380 g/mol. The number of hydrogen-bond acceptors (Lipinski definition) is 3. The lowest BCUT2D eigenvalue weighted by Gasteiger charge is -2.20. The maximum atomic E-state index is 12.4. The number of aliphatic carboxylic acids is 1. The first kappa shape index (κ1) is 19.6. The largest absolute Gasteiger partial charge is 0.481 e. The number of carboxylic acids is 1. The van der Waals surface area contributed by atoms with Crippen molar-refractivity contribution in [3.8, 4) is 0 Å². The van der Waals surface area contributed by atoms with E-state index in [1.54, 1.807) is 50.2 Å². The number of anilines is 1. The molecule has 0 unspecified atom stereocenters. The highest BCUT2D eigenvalue weighted by Crippen LogP contribution is 2.25. The van der Waals surface area contributed by atoms with Gasteiger partial charge in [0.15, 0.2) is 0 Å². The molecule has 3 rings (SSSR count). The molecular formula is C22H24N2O4. The van der Waals surface area contributed by atoms with E-state index in [0.717, 1.165) is 18.5 Å². The lowest BCUT2D eigenvalue weighted by Crippen LogP contribution is -2.28. The topological polar surface area (TPSA) is 86.7 Å². The van der Waals surface area contributed by atoms with E-state index in [1.165, 1.54) is 0 Å². The Kier molecular flexibility index (Phi) is 5.49. The van der Waals surface area contributed by atoms with Crippen LogP contribution >= 0.6 is 0 Å². The van der Waals surface area contributed by atoms with Crippen molar-refractivity contribution in [1.82, 2.24) is 4.90 Å². The predicted molar refractivity (Wildman–Crippen MR) is 106 cm³/mol. The molecule has 1 saturated heterocycles. The van der Waals surface area contributed by atoms with Gasteiger partial charge in [-0.2, -0.15) is 0 Å². The third-order valence-corrected chi connectivity index (χ3v) is 5.16. The van der Waals surface area contributed by atoms with Gasteiger partial charge in [-0.25, -0.2) is 0 Å². The molecule has 0 spiro atoms. The number of hydrogen-bond donors (Lipinski definition) is 2. The molecule has 1 aliphatic rings. The molecule has 2 aromatic rings. The highest BCUT2D eigenvalue weighted by atomic mass is 16.4. The van der Waals surface area contributed by atoms with Crippen molar-refractivity contribution >= 4 is 23.5 Å². The van der Waals surface area contributed by atoms with E-state index < -0.39 is 11.4 Å². The summed E-state index contributed by atoms with van der Waals surface area (Å²) in [5.41, 5.74) is 1.79. The molecule has 28 heavy (non-hydrogen) atoms. The van der Waals surface area contributed by atoms with Crippen molar-refractivity contribution in [3.05, 3.63) is 65.2 Å². The second-order valence-corrected chi connectivity index (χ2v) is 7.58. The number of nitrogens with zero attached hydrogens (tertiary/aromatic N) is 1. The Bertz CT molecular complexity index is 886. The maximum Gasteiger partial charge on any atom is 0.313 e. The highest BCUT2D eigenvalue weighted by molar-refractivity contribution is 6.04. The van der Waals surface area contributed by atoms with Gasteiger partial charge in [0.2, 0.25) is 5.91 Å². The second kappa shape index (κ2) is 7.84. The molecule has 2 aromatic carbocycles. The smallest absolute Gasteiger partial charge is 0.313 e. The Balaban J connectivity index is 1.63. The Morgan fingerprint density at radius 3 is 2.25 bits per heavy atom. The molecule has 2 N–H and O–H groups in total. The summed E-state index contributed by atoms with van der Waals surface area (Å²) in [6.45, 7) is 4.64. The lowest BCUT2D eigenvalue weighted by molar-refractivity contribution is -0.142. The zero-order valence-corrected chi connectivity index (χ0v) is 16.1. The zero-order chi connectivity index (χ0) is 20.3. The van der Waals surface area contributed by atoms with Crippen LogP contribution in [0.5, 0.6) is 0 Å². The third kappa shape index (κ3) is 4.22. The molecule has 0 saturated carbocycles. The Morgan fingerprint density at radius 2 is 1.71 bits per heavy atom. The molecule has 0 aliphatic carbocycles. The quantitative estimate of drug-likeness (QED) is 0.804. The number of carbonyl (C=O) groups excluding carboxylic acids is 2. The molecule has 0 aromatic heterocycles. The molecular weight excluding hydrogens is 356 g/mol.